The average Bonchev–Trinajstić information content (AvgIpc) is 2.91. The van der Waals surface area contributed by atoms with E-state index in [4.69, 9.17) is 21.1 Å². The summed E-state index contributed by atoms with van der Waals surface area (Å²) in [6, 6.07) is 10.2. The zero-order valence-electron chi connectivity index (χ0n) is 14.6. The van der Waals surface area contributed by atoms with E-state index in [0.717, 1.165) is 3.57 Å². The molecule has 8 heteroatoms. The van der Waals surface area contributed by atoms with Crippen LogP contribution >= 0.6 is 34.2 Å². The van der Waals surface area contributed by atoms with Gasteiger partial charge in [-0.25, -0.2) is 5.01 Å². The topological polar surface area (TPSA) is 67.9 Å². The highest BCUT2D eigenvalue weighted by Crippen LogP contribution is 2.35. The van der Waals surface area contributed by atoms with Gasteiger partial charge in [0.05, 0.1) is 23.0 Å². The molecule has 0 radical (unpaired) electrons. The third-order valence-electron chi connectivity index (χ3n) is 3.82. The van der Waals surface area contributed by atoms with Crippen molar-refractivity contribution in [3.8, 4) is 11.5 Å². The lowest BCUT2D eigenvalue weighted by atomic mass is 10.1. The number of carbonyl (C=O) groups is 2. The van der Waals surface area contributed by atoms with Crippen LogP contribution in [0.25, 0.3) is 6.08 Å². The van der Waals surface area contributed by atoms with Crippen LogP contribution in [0.5, 0.6) is 11.5 Å². The Morgan fingerprint density at radius 3 is 2.56 bits per heavy atom. The number of anilines is 1. The fourth-order valence-electron chi connectivity index (χ4n) is 2.63. The molecule has 0 bridgehead atoms. The van der Waals surface area contributed by atoms with E-state index in [1.54, 1.807) is 37.4 Å². The molecule has 2 aromatic rings. The Morgan fingerprint density at radius 1 is 1.22 bits per heavy atom. The highest BCUT2D eigenvalue weighted by atomic mass is 127. The van der Waals surface area contributed by atoms with E-state index in [-0.39, 0.29) is 5.57 Å². The summed E-state index contributed by atoms with van der Waals surface area (Å²) in [7, 11) is 1.57. The van der Waals surface area contributed by atoms with Crippen LogP contribution < -0.4 is 19.9 Å². The number of nitrogens with one attached hydrogen (secondary N) is 1. The van der Waals surface area contributed by atoms with E-state index in [0.29, 0.717) is 34.4 Å². The summed E-state index contributed by atoms with van der Waals surface area (Å²) in [4.78, 5) is 25.0. The van der Waals surface area contributed by atoms with Crippen molar-refractivity contribution in [1.82, 2.24) is 5.43 Å². The highest BCUT2D eigenvalue weighted by molar-refractivity contribution is 14.1. The van der Waals surface area contributed by atoms with E-state index in [9.17, 15) is 9.59 Å². The highest BCUT2D eigenvalue weighted by Gasteiger charge is 2.34. The van der Waals surface area contributed by atoms with Crippen LogP contribution in [0.15, 0.2) is 42.0 Å². The Morgan fingerprint density at radius 2 is 1.93 bits per heavy atom. The first-order chi connectivity index (χ1) is 12.9. The molecule has 1 aliphatic heterocycles. The van der Waals surface area contributed by atoms with Gasteiger partial charge < -0.3 is 9.47 Å². The molecule has 6 nitrogen and oxygen atoms in total. The zero-order valence-corrected chi connectivity index (χ0v) is 17.5. The molecule has 140 valence electrons. The molecule has 0 spiro atoms. The Bertz CT molecular complexity index is 928. The number of halogens is 2. The van der Waals surface area contributed by atoms with Crippen molar-refractivity contribution in [2.24, 2.45) is 0 Å². The molecule has 2 aromatic carbocycles. The molecular formula is C19H16ClIN2O4. The van der Waals surface area contributed by atoms with E-state index in [1.165, 1.54) is 11.1 Å². The number of rotatable bonds is 5. The van der Waals surface area contributed by atoms with Gasteiger partial charge in [-0.3, -0.25) is 15.0 Å². The fraction of sp³-hybridized carbons (Fsp3) is 0.158. The van der Waals surface area contributed by atoms with Crippen LogP contribution in [-0.2, 0) is 9.59 Å². The van der Waals surface area contributed by atoms with Gasteiger partial charge in [0.25, 0.3) is 11.8 Å². The minimum atomic E-state index is -0.473. The number of nitrogens with zero attached hydrogens (tertiary/aromatic N) is 1. The smallest absolute Gasteiger partial charge is 0.282 e. The first-order valence-corrected chi connectivity index (χ1v) is 9.53. The monoisotopic (exact) mass is 498 g/mol. The Kier molecular flexibility index (Phi) is 5.91. The van der Waals surface area contributed by atoms with Gasteiger partial charge in [0.1, 0.15) is 5.57 Å². The molecule has 2 amide bonds. The summed E-state index contributed by atoms with van der Waals surface area (Å²) in [5.41, 5.74) is 3.79. The van der Waals surface area contributed by atoms with Gasteiger partial charge in [-0.1, -0.05) is 11.6 Å². The second-order valence-electron chi connectivity index (χ2n) is 5.58. The number of hydrogen-bond donors (Lipinski definition) is 1. The minimum absolute atomic E-state index is 0.0355. The lowest BCUT2D eigenvalue weighted by molar-refractivity contribution is -0.117. The van der Waals surface area contributed by atoms with Crippen molar-refractivity contribution in [1.29, 1.82) is 0 Å². The molecule has 3 rings (SSSR count). The van der Waals surface area contributed by atoms with E-state index in [1.807, 2.05) is 13.0 Å². The Hall–Kier alpha value is -2.26. The number of hydrogen-bond acceptors (Lipinski definition) is 4. The summed E-state index contributed by atoms with van der Waals surface area (Å²) in [6.07, 6.45) is 1.54. The number of hydrazine groups is 1. The van der Waals surface area contributed by atoms with Gasteiger partial charge in [0.2, 0.25) is 0 Å². The summed E-state index contributed by atoms with van der Waals surface area (Å²) >= 11 is 8.00. The van der Waals surface area contributed by atoms with Crippen LogP contribution in [0, 0.1) is 3.57 Å². The van der Waals surface area contributed by atoms with Crippen molar-refractivity contribution in [3.63, 3.8) is 0 Å². The molecule has 1 N–H and O–H groups in total. The zero-order chi connectivity index (χ0) is 19.6. The van der Waals surface area contributed by atoms with Crippen LogP contribution in [0.2, 0.25) is 5.02 Å². The fourth-order valence-corrected chi connectivity index (χ4v) is 3.60. The molecule has 0 unspecified atom stereocenters. The number of carbonyl (C=O) groups excluding carboxylic acids is 2. The number of ether oxygens (including phenoxy) is 2. The van der Waals surface area contributed by atoms with Crippen LogP contribution in [-0.4, -0.2) is 25.5 Å². The number of methoxy groups -OCH3 is 1. The van der Waals surface area contributed by atoms with Crippen molar-refractivity contribution in [3.05, 3.63) is 56.1 Å². The maximum atomic E-state index is 12.7. The van der Waals surface area contributed by atoms with Gasteiger partial charge in [0.15, 0.2) is 11.5 Å². The third-order valence-corrected chi connectivity index (χ3v) is 4.88. The van der Waals surface area contributed by atoms with Gasteiger partial charge in [-0.15, -0.1) is 0 Å². The molecular weight excluding hydrogens is 483 g/mol. The summed E-state index contributed by atoms with van der Waals surface area (Å²) in [5, 5.41) is 1.74. The molecule has 1 heterocycles. The SMILES string of the molecule is CCOc1cc(/C=C2\C(=O)NN(c3ccc(Cl)cc3)C2=O)cc(I)c1OC. The normalized spacial score (nSPS) is 15.3. The van der Waals surface area contributed by atoms with Crippen molar-refractivity contribution < 1.29 is 19.1 Å². The molecule has 1 aliphatic rings. The lowest BCUT2D eigenvalue weighted by Gasteiger charge is -2.14. The predicted molar refractivity (Wildman–Crippen MR) is 112 cm³/mol. The molecule has 1 saturated heterocycles. The first kappa shape index (κ1) is 19.5. The van der Waals surface area contributed by atoms with Crippen molar-refractivity contribution >= 4 is 57.8 Å². The molecule has 0 aromatic heterocycles. The number of amides is 2. The second-order valence-corrected chi connectivity index (χ2v) is 7.18. The Labute approximate surface area is 175 Å². The van der Waals surface area contributed by atoms with Crippen molar-refractivity contribution in [2.45, 2.75) is 6.92 Å². The van der Waals surface area contributed by atoms with Gasteiger partial charge in [-0.05, 0) is 77.6 Å². The summed E-state index contributed by atoms with van der Waals surface area (Å²) in [6.45, 7) is 2.34. The standard InChI is InChI=1S/C19H16ClIN2O4/c1-3-27-16-10-11(9-15(21)17(16)26-2)8-14-18(24)22-23(19(14)25)13-6-4-12(20)5-7-13/h4-10H,3H2,1-2H3,(H,22,24)/b14-8+. The summed E-state index contributed by atoms with van der Waals surface area (Å²) < 4.78 is 11.8. The second kappa shape index (κ2) is 8.18. The first-order valence-electron chi connectivity index (χ1n) is 8.07. The largest absolute Gasteiger partial charge is 0.492 e. The average molecular weight is 499 g/mol. The molecule has 0 aliphatic carbocycles. The van der Waals surface area contributed by atoms with Gasteiger partial charge >= 0.3 is 0 Å². The Balaban J connectivity index is 1.96. The third kappa shape index (κ3) is 4.03. The maximum Gasteiger partial charge on any atom is 0.282 e. The van der Waals surface area contributed by atoms with Crippen molar-refractivity contribution in [2.75, 3.05) is 18.7 Å². The predicted octanol–water partition coefficient (Wildman–Crippen LogP) is 3.81. The van der Waals surface area contributed by atoms with Crippen LogP contribution in [0.4, 0.5) is 5.69 Å². The summed E-state index contributed by atoms with van der Waals surface area (Å²) in [5.74, 6) is 0.258. The lowest BCUT2D eigenvalue weighted by Crippen LogP contribution is -2.35. The minimum Gasteiger partial charge on any atom is -0.492 e. The molecule has 0 saturated carbocycles. The molecule has 0 atom stereocenters. The van der Waals surface area contributed by atoms with E-state index in [2.05, 4.69) is 28.0 Å². The maximum absolute atomic E-state index is 12.7. The quantitative estimate of drug-likeness (QED) is 0.387. The van der Waals surface area contributed by atoms with Gasteiger partial charge in [0, 0.05) is 5.02 Å². The van der Waals surface area contributed by atoms with Crippen LogP contribution in [0.3, 0.4) is 0 Å². The number of benzene rings is 2. The van der Waals surface area contributed by atoms with E-state index >= 15 is 0 Å². The van der Waals surface area contributed by atoms with Crippen LogP contribution in [0.1, 0.15) is 12.5 Å². The van der Waals surface area contributed by atoms with Gasteiger partial charge in [-0.2, -0.15) is 0 Å². The molecule has 1 fully saturated rings. The van der Waals surface area contributed by atoms with E-state index < -0.39 is 11.8 Å². The molecule has 27 heavy (non-hydrogen) atoms.